The van der Waals surface area contributed by atoms with Crippen molar-refractivity contribution >= 4 is 58.3 Å². The van der Waals surface area contributed by atoms with Crippen LogP contribution in [0.25, 0.3) is 0 Å². The quantitative estimate of drug-likeness (QED) is 0.364. The van der Waals surface area contributed by atoms with Gasteiger partial charge in [0.15, 0.2) is 8.64 Å². The minimum absolute atomic E-state index is 0.446. The van der Waals surface area contributed by atoms with Crippen molar-refractivity contribution in [3.63, 3.8) is 0 Å². The molecule has 20 heavy (non-hydrogen) atoms. The Morgan fingerprint density at radius 2 is 1.35 bits per heavy atom. The normalized spacial score (nSPS) is 21.5. The largest absolute Gasteiger partial charge is 0.379 e. The van der Waals surface area contributed by atoms with Gasteiger partial charge >= 0.3 is 0 Å². The number of rotatable bonds is 2. The predicted molar refractivity (Wildman–Crippen MR) is 93.7 cm³/mol. The van der Waals surface area contributed by atoms with Gasteiger partial charge in [-0.1, -0.05) is 0 Å². The van der Waals surface area contributed by atoms with Crippen LogP contribution in [-0.2, 0) is 4.74 Å². The van der Waals surface area contributed by atoms with Crippen molar-refractivity contribution in [1.29, 1.82) is 0 Å². The number of hydrogen-bond donors (Lipinski definition) is 3. The first kappa shape index (κ1) is 16.7. The topological polar surface area (TPSA) is 34.2 Å². The van der Waals surface area contributed by atoms with Crippen molar-refractivity contribution in [1.82, 2.24) is 25.6 Å². The van der Waals surface area contributed by atoms with Gasteiger partial charge in [-0.2, -0.15) is 20.3 Å². The van der Waals surface area contributed by atoms with Crippen LogP contribution in [0.2, 0.25) is 0 Å². The average Bonchev–Trinajstić information content (AvgIpc) is 2.45. The number of nitrogens with zero attached hydrogens (tertiary/aromatic N) is 4. The lowest BCUT2D eigenvalue weighted by atomic mass is 10.4. The van der Waals surface area contributed by atoms with E-state index in [2.05, 4.69) is 40.6 Å². The Balaban J connectivity index is 2.17. The average molecular weight is 354 g/mol. The molecule has 2 saturated heterocycles. The van der Waals surface area contributed by atoms with Crippen molar-refractivity contribution in [2.75, 3.05) is 52.5 Å². The third-order valence-corrected chi connectivity index (χ3v) is 3.82. The Labute approximate surface area is 141 Å². The summed E-state index contributed by atoms with van der Waals surface area (Å²) in [6, 6.07) is 0. The molecule has 0 amide bonds. The Morgan fingerprint density at radius 1 is 0.900 bits per heavy atom. The molecule has 0 bridgehead atoms. The lowest BCUT2D eigenvalue weighted by Crippen LogP contribution is -2.65. The fourth-order valence-electron chi connectivity index (χ4n) is 2.23. The maximum absolute atomic E-state index is 5.38. The monoisotopic (exact) mass is 353 g/mol. The summed E-state index contributed by atoms with van der Waals surface area (Å²) in [7, 11) is 0. The van der Waals surface area contributed by atoms with E-state index in [1.165, 1.54) is 0 Å². The molecule has 2 aliphatic rings. The number of ether oxygens (including phenoxy) is 1. The smallest absolute Gasteiger partial charge is 0.171 e. The van der Waals surface area contributed by atoms with Crippen molar-refractivity contribution in [3.05, 3.63) is 0 Å². The minimum atomic E-state index is 0.446. The number of nitrogens with one attached hydrogen (secondary N) is 1. The molecule has 0 atom stereocenters. The van der Waals surface area contributed by atoms with E-state index in [-0.39, 0.29) is 0 Å². The zero-order valence-corrected chi connectivity index (χ0v) is 14.5. The van der Waals surface area contributed by atoms with Gasteiger partial charge in [-0.15, -0.1) is 25.3 Å². The highest BCUT2D eigenvalue weighted by Crippen LogP contribution is 2.16. The van der Waals surface area contributed by atoms with E-state index in [0.717, 1.165) is 39.3 Å². The number of piperazine rings is 1. The lowest BCUT2D eigenvalue weighted by Gasteiger charge is -2.48. The van der Waals surface area contributed by atoms with Crippen molar-refractivity contribution in [3.8, 4) is 0 Å². The van der Waals surface area contributed by atoms with Gasteiger partial charge in [-0.25, -0.2) is 0 Å². The highest BCUT2D eigenvalue weighted by Gasteiger charge is 2.31. The zero-order chi connectivity index (χ0) is 14.5. The van der Waals surface area contributed by atoms with Crippen LogP contribution in [0.5, 0.6) is 0 Å². The second-order valence-electron chi connectivity index (χ2n) is 4.41. The summed E-state index contributed by atoms with van der Waals surface area (Å²) < 4.78 is 6.28. The number of thiol groups is 2. The first-order valence-corrected chi connectivity index (χ1v) is 8.16. The first-order chi connectivity index (χ1) is 9.61. The van der Waals surface area contributed by atoms with Gasteiger partial charge in [-0.3, -0.25) is 0 Å². The molecule has 1 N–H and O–H groups in total. The summed E-state index contributed by atoms with van der Waals surface area (Å²) in [6.45, 7) is 6.34. The Kier molecular flexibility index (Phi) is 6.75. The van der Waals surface area contributed by atoms with Crippen LogP contribution in [0.15, 0.2) is 0 Å². The number of thiocarbonyl (C=S) groups is 2. The Hall–Kier alpha value is 0.320. The van der Waals surface area contributed by atoms with Gasteiger partial charge in [0.25, 0.3) is 0 Å². The number of hydrazine groups is 3. The van der Waals surface area contributed by atoms with Crippen LogP contribution < -0.4 is 5.32 Å². The third-order valence-electron chi connectivity index (χ3n) is 3.14. The summed E-state index contributed by atoms with van der Waals surface area (Å²) >= 11 is 19.3. The maximum Gasteiger partial charge on any atom is 0.171 e. The number of morpholine rings is 1. The minimum Gasteiger partial charge on any atom is -0.379 e. The van der Waals surface area contributed by atoms with Gasteiger partial charge in [0.2, 0.25) is 0 Å². The van der Waals surface area contributed by atoms with E-state index in [4.69, 9.17) is 29.2 Å². The molecule has 0 aromatic carbocycles. The van der Waals surface area contributed by atoms with Gasteiger partial charge in [-0.05, 0) is 24.4 Å². The summed E-state index contributed by atoms with van der Waals surface area (Å²) in [5.41, 5.74) is 0. The summed E-state index contributed by atoms with van der Waals surface area (Å²) in [5.74, 6) is 0. The SMILES string of the molecule is S=C(S)N(N1CCNCC1)N(C(=S)S)N1CCOCC1. The fourth-order valence-corrected chi connectivity index (χ4v) is 3.04. The van der Waals surface area contributed by atoms with Crippen LogP contribution in [0.3, 0.4) is 0 Å². The molecule has 2 rings (SSSR count). The summed E-state index contributed by atoms with van der Waals surface area (Å²) in [6.07, 6.45) is 0. The molecule has 0 aromatic heterocycles. The van der Waals surface area contributed by atoms with E-state index in [1.807, 2.05) is 10.2 Å². The molecule has 2 fully saturated rings. The second-order valence-corrected chi connectivity index (χ2v) is 6.64. The molecule has 0 unspecified atom stereocenters. The van der Waals surface area contributed by atoms with Crippen molar-refractivity contribution in [2.24, 2.45) is 0 Å². The Morgan fingerprint density at radius 3 is 1.80 bits per heavy atom. The van der Waals surface area contributed by atoms with E-state index in [0.29, 0.717) is 21.9 Å². The van der Waals surface area contributed by atoms with Gasteiger partial charge in [0.05, 0.1) is 13.2 Å². The van der Waals surface area contributed by atoms with Crippen molar-refractivity contribution in [2.45, 2.75) is 0 Å². The lowest BCUT2D eigenvalue weighted by molar-refractivity contribution is -0.200. The molecule has 10 heteroatoms. The molecule has 0 spiro atoms. The van der Waals surface area contributed by atoms with E-state index in [9.17, 15) is 0 Å². The number of hydrogen-bond acceptors (Lipinski definition) is 6. The first-order valence-electron chi connectivity index (χ1n) is 6.45. The third kappa shape index (κ3) is 4.17. The van der Waals surface area contributed by atoms with Gasteiger partial charge in [0, 0.05) is 39.3 Å². The predicted octanol–water partition coefficient (Wildman–Crippen LogP) is 0.00220. The van der Waals surface area contributed by atoms with Crippen LogP contribution >= 0.6 is 49.7 Å². The molecule has 6 nitrogen and oxygen atoms in total. The molecule has 2 heterocycles. The molecule has 0 radical (unpaired) electrons. The molecule has 114 valence electrons. The molecular formula is C10H19N5OS4. The van der Waals surface area contributed by atoms with E-state index < -0.39 is 0 Å². The molecule has 0 aliphatic carbocycles. The van der Waals surface area contributed by atoms with E-state index >= 15 is 0 Å². The van der Waals surface area contributed by atoms with Gasteiger partial charge in [0.1, 0.15) is 0 Å². The molecular weight excluding hydrogens is 334 g/mol. The van der Waals surface area contributed by atoms with Crippen molar-refractivity contribution < 1.29 is 4.74 Å². The highest BCUT2D eigenvalue weighted by molar-refractivity contribution is 8.11. The molecule has 0 aromatic rings. The standard InChI is InChI=1S/C10H19N5OS4/c17-9(18)14(12-3-1-11-2-4-12)15(10(19)20)13-5-7-16-8-6-13/h11H,1-8H2,(H,17,18)(H,19,20). The maximum atomic E-state index is 5.38. The van der Waals surface area contributed by atoms with Crippen LogP contribution in [0.1, 0.15) is 0 Å². The molecule has 0 saturated carbocycles. The fraction of sp³-hybridized carbons (Fsp3) is 0.800. The van der Waals surface area contributed by atoms with Crippen LogP contribution in [0, 0.1) is 0 Å². The zero-order valence-electron chi connectivity index (χ0n) is 11.1. The van der Waals surface area contributed by atoms with Gasteiger partial charge < -0.3 is 10.1 Å². The van der Waals surface area contributed by atoms with Crippen LogP contribution in [0.4, 0.5) is 0 Å². The summed E-state index contributed by atoms with van der Waals surface area (Å²) in [5, 5.41) is 11.2. The highest BCUT2D eigenvalue weighted by atomic mass is 32.1. The van der Waals surface area contributed by atoms with Crippen LogP contribution in [-0.4, -0.2) is 81.4 Å². The van der Waals surface area contributed by atoms with E-state index in [1.54, 1.807) is 0 Å². The molecule has 2 aliphatic heterocycles. The summed E-state index contributed by atoms with van der Waals surface area (Å²) in [4.78, 5) is 0. The Bertz CT molecular complexity index is 326. The second kappa shape index (κ2) is 8.08.